The lowest BCUT2D eigenvalue weighted by Gasteiger charge is -2.36. The fourth-order valence-electron chi connectivity index (χ4n) is 3.47. The standard InChI is InChI=1S/C20H29N5O4.HI/c1-21-20(25-10-8-24(9-11-25)14-16-7-12-29-23-16)22-13-15-5-6-17(26-2)19(28-4)18(15)27-3;/h5-7,12H,8-11,13-14H2,1-4H3,(H,21,22);1H. The van der Waals surface area contributed by atoms with Gasteiger partial charge in [0.15, 0.2) is 17.5 Å². The SMILES string of the molecule is CN=C(NCc1ccc(OC)c(OC)c1OC)N1CCN(Cc2ccon2)CC1.I. The molecule has 1 aromatic heterocycles. The number of rotatable bonds is 7. The third-order valence-electron chi connectivity index (χ3n) is 4.98. The summed E-state index contributed by atoms with van der Waals surface area (Å²) in [7, 11) is 6.65. The van der Waals surface area contributed by atoms with Gasteiger partial charge < -0.3 is 29.0 Å². The number of ether oxygens (including phenoxy) is 3. The maximum atomic E-state index is 5.57. The monoisotopic (exact) mass is 531 g/mol. The Bertz CT molecular complexity index is 808. The highest BCUT2D eigenvalue weighted by molar-refractivity contribution is 14.0. The van der Waals surface area contributed by atoms with Crippen LogP contribution in [-0.4, -0.2) is 75.5 Å². The Kier molecular flexibility index (Phi) is 9.50. The second kappa shape index (κ2) is 11.8. The van der Waals surface area contributed by atoms with Crippen LogP contribution in [0, 0.1) is 0 Å². The van der Waals surface area contributed by atoms with Crippen molar-refractivity contribution < 1.29 is 18.7 Å². The van der Waals surface area contributed by atoms with E-state index in [4.69, 9.17) is 18.7 Å². The number of piperazine rings is 1. The molecule has 0 radical (unpaired) electrons. The van der Waals surface area contributed by atoms with E-state index in [0.29, 0.717) is 23.8 Å². The molecule has 2 aromatic rings. The van der Waals surface area contributed by atoms with Gasteiger partial charge in [-0.15, -0.1) is 24.0 Å². The summed E-state index contributed by atoms with van der Waals surface area (Å²) >= 11 is 0. The summed E-state index contributed by atoms with van der Waals surface area (Å²) in [6.45, 7) is 5.02. The number of hydrogen-bond acceptors (Lipinski definition) is 7. The molecule has 30 heavy (non-hydrogen) atoms. The van der Waals surface area contributed by atoms with E-state index < -0.39 is 0 Å². The van der Waals surface area contributed by atoms with Crippen LogP contribution in [0.25, 0.3) is 0 Å². The molecule has 0 aliphatic carbocycles. The summed E-state index contributed by atoms with van der Waals surface area (Å²) in [5, 5.41) is 7.42. The zero-order chi connectivity index (χ0) is 20.6. The van der Waals surface area contributed by atoms with E-state index in [0.717, 1.165) is 49.9 Å². The van der Waals surface area contributed by atoms with E-state index in [1.807, 2.05) is 18.2 Å². The topological polar surface area (TPSA) is 84.6 Å². The molecule has 1 aliphatic rings. The van der Waals surface area contributed by atoms with Crippen LogP contribution in [0.4, 0.5) is 0 Å². The molecular formula is C20H30IN5O4. The molecule has 0 atom stereocenters. The van der Waals surface area contributed by atoms with Crippen LogP contribution >= 0.6 is 24.0 Å². The van der Waals surface area contributed by atoms with Gasteiger partial charge in [-0.05, 0) is 12.1 Å². The van der Waals surface area contributed by atoms with E-state index in [1.165, 1.54) is 0 Å². The first-order valence-electron chi connectivity index (χ1n) is 9.55. The first-order valence-corrected chi connectivity index (χ1v) is 9.55. The van der Waals surface area contributed by atoms with Gasteiger partial charge in [0.25, 0.3) is 0 Å². The lowest BCUT2D eigenvalue weighted by Crippen LogP contribution is -2.52. The van der Waals surface area contributed by atoms with E-state index in [9.17, 15) is 0 Å². The van der Waals surface area contributed by atoms with E-state index in [-0.39, 0.29) is 24.0 Å². The molecule has 10 heteroatoms. The van der Waals surface area contributed by atoms with Gasteiger partial charge in [0, 0.05) is 57.9 Å². The van der Waals surface area contributed by atoms with Crippen molar-refractivity contribution in [3.63, 3.8) is 0 Å². The van der Waals surface area contributed by atoms with Gasteiger partial charge in [0.05, 0.1) is 27.0 Å². The van der Waals surface area contributed by atoms with Gasteiger partial charge >= 0.3 is 0 Å². The zero-order valence-corrected chi connectivity index (χ0v) is 20.2. The highest BCUT2D eigenvalue weighted by Gasteiger charge is 2.21. The number of benzene rings is 1. The number of nitrogens with zero attached hydrogens (tertiary/aromatic N) is 4. The van der Waals surface area contributed by atoms with Crippen molar-refractivity contribution >= 4 is 29.9 Å². The van der Waals surface area contributed by atoms with E-state index >= 15 is 0 Å². The van der Waals surface area contributed by atoms with Gasteiger partial charge in [0.1, 0.15) is 6.26 Å². The number of nitrogens with one attached hydrogen (secondary N) is 1. The molecule has 0 unspecified atom stereocenters. The summed E-state index contributed by atoms with van der Waals surface area (Å²) in [5.41, 5.74) is 1.93. The third-order valence-corrected chi connectivity index (χ3v) is 4.98. The Morgan fingerprint density at radius 1 is 1.07 bits per heavy atom. The van der Waals surface area contributed by atoms with Crippen LogP contribution in [0.5, 0.6) is 17.2 Å². The molecule has 1 saturated heterocycles. The lowest BCUT2D eigenvalue weighted by molar-refractivity contribution is 0.169. The van der Waals surface area contributed by atoms with Gasteiger partial charge in [0.2, 0.25) is 5.75 Å². The Hall–Kier alpha value is -2.21. The summed E-state index contributed by atoms with van der Waals surface area (Å²) in [6, 6.07) is 5.75. The number of halogens is 1. The van der Waals surface area contributed by atoms with Crippen LogP contribution in [-0.2, 0) is 13.1 Å². The average Bonchev–Trinajstić information content (AvgIpc) is 3.27. The third kappa shape index (κ3) is 5.69. The zero-order valence-electron chi connectivity index (χ0n) is 17.9. The van der Waals surface area contributed by atoms with E-state index in [2.05, 4.69) is 25.3 Å². The Balaban J connectivity index is 0.00000320. The summed E-state index contributed by atoms with van der Waals surface area (Å²) in [6.07, 6.45) is 1.61. The lowest BCUT2D eigenvalue weighted by atomic mass is 10.1. The minimum atomic E-state index is 0. The molecule has 1 aliphatic heterocycles. The number of guanidine groups is 1. The Morgan fingerprint density at radius 3 is 2.37 bits per heavy atom. The van der Waals surface area contributed by atoms with Crippen molar-refractivity contribution in [2.75, 3.05) is 54.6 Å². The molecule has 1 N–H and O–H groups in total. The second-order valence-electron chi connectivity index (χ2n) is 6.65. The summed E-state index contributed by atoms with van der Waals surface area (Å²) < 4.78 is 21.3. The average molecular weight is 531 g/mol. The van der Waals surface area contributed by atoms with Crippen molar-refractivity contribution in [2.45, 2.75) is 13.1 Å². The van der Waals surface area contributed by atoms with Crippen LogP contribution in [0.3, 0.4) is 0 Å². The Morgan fingerprint density at radius 2 is 1.80 bits per heavy atom. The van der Waals surface area contributed by atoms with Crippen LogP contribution < -0.4 is 19.5 Å². The molecule has 1 aromatic carbocycles. The maximum Gasteiger partial charge on any atom is 0.203 e. The largest absolute Gasteiger partial charge is 0.493 e. The molecule has 3 rings (SSSR count). The van der Waals surface area contributed by atoms with Crippen molar-refractivity contribution in [1.82, 2.24) is 20.3 Å². The second-order valence-corrected chi connectivity index (χ2v) is 6.65. The summed E-state index contributed by atoms with van der Waals surface area (Å²) in [4.78, 5) is 9.06. The van der Waals surface area contributed by atoms with Gasteiger partial charge in [-0.3, -0.25) is 9.89 Å². The first-order chi connectivity index (χ1) is 14.2. The van der Waals surface area contributed by atoms with Crippen molar-refractivity contribution in [3.05, 3.63) is 35.7 Å². The fourth-order valence-corrected chi connectivity index (χ4v) is 3.47. The molecular weight excluding hydrogens is 501 g/mol. The molecule has 0 saturated carbocycles. The molecule has 1 fully saturated rings. The first kappa shape index (κ1) is 24.1. The maximum absolute atomic E-state index is 5.57. The van der Waals surface area contributed by atoms with Crippen molar-refractivity contribution in [1.29, 1.82) is 0 Å². The van der Waals surface area contributed by atoms with Gasteiger partial charge in [-0.2, -0.15) is 0 Å². The van der Waals surface area contributed by atoms with Gasteiger partial charge in [-0.1, -0.05) is 5.16 Å². The summed E-state index contributed by atoms with van der Waals surface area (Å²) in [5.74, 6) is 2.75. The van der Waals surface area contributed by atoms with Crippen LogP contribution in [0.15, 0.2) is 34.0 Å². The normalized spacial score (nSPS) is 14.8. The number of methoxy groups -OCH3 is 3. The minimum Gasteiger partial charge on any atom is -0.493 e. The minimum absolute atomic E-state index is 0. The predicted octanol–water partition coefficient (Wildman–Crippen LogP) is 2.21. The van der Waals surface area contributed by atoms with Gasteiger partial charge in [-0.25, -0.2) is 0 Å². The molecule has 0 bridgehead atoms. The Labute approximate surface area is 194 Å². The highest BCUT2D eigenvalue weighted by Crippen LogP contribution is 2.39. The predicted molar refractivity (Wildman–Crippen MR) is 125 cm³/mol. The van der Waals surface area contributed by atoms with Crippen molar-refractivity contribution in [2.24, 2.45) is 4.99 Å². The smallest absolute Gasteiger partial charge is 0.203 e. The molecule has 166 valence electrons. The number of aromatic nitrogens is 1. The highest BCUT2D eigenvalue weighted by atomic mass is 127. The van der Waals surface area contributed by atoms with E-state index in [1.54, 1.807) is 34.6 Å². The van der Waals surface area contributed by atoms with Crippen LogP contribution in [0.1, 0.15) is 11.3 Å². The molecule has 9 nitrogen and oxygen atoms in total. The molecule has 0 spiro atoms. The molecule has 2 heterocycles. The van der Waals surface area contributed by atoms with Crippen LogP contribution in [0.2, 0.25) is 0 Å². The quantitative estimate of drug-likeness (QED) is 0.331. The van der Waals surface area contributed by atoms with Crippen molar-refractivity contribution in [3.8, 4) is 17.2 Å². The number of hydrogen-bond donors (Lipinski definition) is 1. The molecule has 0 amide bonds. The fraction of sp³-hybridized carbons (Fsp3) is 0.500. The number of aliphatic imine (C=N–C) groups is 1.